The fourth-order valence-corrected chi connectivity index (χ4v) is 4.50. The van der Waals surface area contributed by atoms with Gasteiger partial charge in [-0.15, -0.1) is 0 Å². The Morgan fingerprint density at radius 3 is 2.70 bits per heavy atom. The second-order valence-corrected chi connectivity index (χ2v) is 7.95. The molecule has 1 aromatic carbocycles. The molecule has 0 spiro atoms. The van der Waals surface area contributed by atoms with E-state index in [1.807, 2.05) is 19.2 Å². The number of aliphatic imine (C=N–C) groups is 1. The minimum Gasteiger partial charge on any atom is -0.341 e. The maximum Gasteiger partial charge on any atom is 0.227 e. The summed E-state index contributed by atoms with van der Waals surface area (Å²) in [6.07, 6.45) is 4.39. The number of nitrogens with zero attached hydrogens (tertiary/aromatic N) is 4. The molecule has 27 heavy (non-hydrogen) atoms. The number of anilines is 3. The maximum absolute atomic E-state index is 4.84. The molecule has 2 N–H and O–H groups in total. The molecule has 1 aromatic heterocycles. The van der Waals surface area contributed by atoms with Crippen LogP contribution in [0.3, 0.4) is 0 Å². The van der Waals surface area contributed by atoms with E-state index in [9.17, 15) is 0 Å². The van der Waals surface area contributed by atoms with Crippen LogP contribution in [0.25, 0.3) is 0 Å². The van der Waals surface area contributed by atoms with Crippen molar-refractivity contribution in [3.05, 3.63) is 41.1 Å². The third-order valence-electron chi connectivity index (χ3n) is 6.05. The van der Waals surface area contributed by atoms with E-state index in [4.69, 9.17) is 9.97 Å². The lowest BCUT2D eigenvalue weighted by Crippen LogP contribution is -2.28. The van der Waals surface area contributed by atoms with E-state index in [1.54, 1.807) is 0 Å². The first-order valence-corrected chi connectivity index (χ1v) is 9.96. The van der Waals surface area contributed by atoms with Gasteiger partial charge in [-0.25, -0.2) is 4.98 Å². The average molecular weight is 362 g/mol. The van der Waals surface area contributed by atoms with E-state index in [0.29, 0.717) is 0 Å². The number of hydrogen-bond acceptors (Lipinski definition) is 6. The normalized spacial score (nSPS) is 23.8. The standard InChI is InChI=1S/C21H26N6/c1-14-8-20(25-19-3-2-15-10-23-13-18(15)9-19)26-21(24-14)27-6-4-16-11-22-12-17(16)5-7-27/h2-3,8-9,13,16-17,22H,4-7,10-12H2,1H3,(H,24,25,26). The highest BCUT2D eigenvalue weighted by atomic mass is 15.3. The zero-order chi connectivity index (χ0) is 18.2. The number of hydrogen-bond donors (Lipinski definition) is 2. The van der Waals surface area contributed by atoms with E-state index in [-0.39, 0.29) is 0 Å². The molecule has 3 aliphatic rings. The van der Waals surface area contributed by atoms with Gasteiger partial charge in [-0.3, -0.25) is 4.99 Å². The Morgan fingerprint density at radius 1 is 1.07 bits per heavy atom. The third kappa shape index (κ3) is 3.41. The van der Waals surface area contributed by atoms with E-state index in [2.05, 4.69) is 38.7 Å². The van der Waals surface area contributed by atoms with Crippen LogP contribution < -0.4 is 15.5 Å². The van der Waals surface area contributed by atoms with Crippen LogP contribution in [-0.4, -0.2) is 42.4 Å². The first kappa shape index (κ1) is 16.7. The topological polar surface area (TPSA) is 65.4 Å². The Kier molecular flexibility index (Phi) is 4.28. The van der Waals surface area contributed by atoms with Crippen LogP contribution in [0.4, 0.5) is 17.5 Å². The molecular formula is C21H26N6. The van der Waals surface area contributed by atoms with Gasteiger partial charge in [0, 0.05) is 36.8 Å². The molecule has 0 bridgehead atoms. The van der Waals surface area contributed by atoms with Crippen LogP contribution in [0.15, 0.2) is 29.3 Å². The molecule has 6 heteroatoms. The van der Waals surface area contributed by atoms with Crippen molar-refractivity contribution in [2.45, 2.75) is 26.3 Å². The zero-order valence-electron chi connectivity index (χ0n) is 15.8. The molecule has 140 valence electrons. The van der Waals surface area contributed by atoms with Crippen molar-refractivity contribution in [2.75, 3.05) is 36.4 Å². The summed E-state index contributed by atoms with van der Waals surface area (Å²) in [5, 5.41) is 7.00. The molecule has 2 unspecified atom stereocenters. The smallest absolute Gasteiger partial charge is 0.227 e. The lowest BCUT2D eigenvalue weighted by molar-refractivity contribution is 0.409. The number of fused-ring (bicyclic) bond motifs is 2. The Morgan fingerprint density at radius 2 is 1.89 bits per heavy atom. The van der Waals surface area contributed by atoms with Crippen LogP contribution in [0, 0.1) is 18.8 Å². The van der Waals surface area contributed by atoms with E-state index >= 15 is 0 Å². The van der Waals surface area contributed by atoms with Crippen molar-refractivity contribution in [1.29, 1.82) is 0 Å². The Balaban J connectivity index is 1.36. The first-order chi connectivity index (χ1) is 13.2. The van der Waals surface area contributed by atoms with E-state index in [1.165, 1.54) is 37.1 Å². The predicted molar refractivity (Wildman–Crippen MR) is 109 cm³/mol. The monoisotopic (exact) mass is 362 g/mol. The Hall–Kier alpha value is -2.47. The van der Waals surface area contributed by atoms with Crippen molar-refractivity contribution in [3.63, 3.8) is 0 Å². The maximum atomic E-state index is 4.84. The average Bonchev–Trinajstić information content (AvgIpc) is 3.26. The Labute approximate surface area is 160 Å². The van der Waals surface area contributed by atoms with Gasteiger partial charge >= 0.3 is 0 Å². The van der Waals surface area contributed by atoms with Crippen LogP contribution in [0.2, 0.25) is 0 Å². The molecule has 2 aromatic rings. The largest absolute Gasteiger partial charge is 0.341 e. The molecule has 5 rings (SSSR count). The Bertz CT molecular complexity index is 863. The summed E-state index contributed by atoms with van der Waals surface area (Å²) in [5.41, 5.74) is 4.52. The highest BCUT2D eigenvalue weighted by Gasteiger charge is 2.30. The van der Waals surface area contributed by atoms with Gasteiger partial charge in [0.1, 0.15) is 5.82 Å². The quantitative estimate of drug-likeness (QED) is 0.879. The van der Waals surface area contributed by atoms with Crippen LogP contribution >= 0.6 is 0 Å². The van der Waals surface area contributed by atoms with Crippen LogP contribution in [0.5, 0.6) is 0 Å². The van der Waals surface area contributed by atoms with Gasteiger partial charge in [-0.1, -0.05) is 6.07 Å². The fraction of sp³-hybridized carbons (Fsp3) is 0.476. The highest BCUT2D eigenvalue weighted by Crippen LogP contribution is 2.29. The van der Waals surface area contributed by atoms with Crippen molar-refractivity contribution in [2.24, 2.45) is 16.8 Å². The summed E-state index contributed by atoms with van der Waals surface area (Å²) >= 11 is 0. The summed E-state index contributed by atoms with van der Waals surface area (Å²) in [4.78, 5) is 16.3. The van der Waals surface area contributed by atoms with E-state index in [0.717, 1.165) is 54.6 Å². The second kappa shape index (κ2) is 6.93. The summed E-state index contributed by atoms with van der Waals surface area (Å²) in [6, 6.07) is 8.40. The van der Waals surface area contributed by atoms with Gasteiger partial charge in [0.25, 0.3) is 0 Å². The summed E-state index contributed by atoms with van der Waals surface area (Å²) in [7, 11) is 0. The predicted octanol–water partition coefficient (Wildman–Crippen LogP) is 2.90. The molecule has 6 nitrogen and oxygen atoms in total. The summed E-state index contributed by atoms with van der Waals surface area (Å²) in [5.74, 6) is 3.34. The number of aryl methyl sites for hydroxylation is 1. The van der Waals surface area contributed by atoms with Crippen molar-refractivity contribution in [1.82, 2.24) is 15.3 Å². The van der Waals surface area contributed by atoms with E-state index < -0.39 is 0 Å². The number of aromatic nitrogens is 2. The molecule has 0 aliphatic carbocycles. The SMILES string of the molecule is Cc1cc(Nc2ccc3c(c2)C=NC3)nc(N2CCC3CNCC3CC2)n1. The zero-order valence-corrected chi connectivity index (χ0v) is 15.8. The first-order valence-electron chi connectivity index (χ1n) is 9.96. The molecule has 2 atom stereocenters. The van der Waals surface area contributed by atoms with Gasteiger partial charge in [0.2, 0.25) is 5.95 Å². The molecular weight excluding hydrogens is 336 g/mol. The molecule has 0 radical (unpaired) electrons. The summed E-state index contributed by atoms with van der Waals surface area (Å²) < 4.78 is 0. The van der Waals surface area contributed by atoms with Gasteiger partial charge < -0.3 is 15.5 Å². The molecule has 2 fully saturated rings. The van der Waals surface area contributed by atoms with Gasteiger partial charge in [-0.05, 0) is 68.0 Å². The number of benzene rings is 1. The summed E-state index contributed by atoms with van der Waals surface area (Å²) in [6.45, 7) is 7.26. The molecule has 3 aliphatic heterocycles. The van der Waals surface area contributed by atoms with Crippen LogP contribution in [0.1, 0.15) is 29.7 Å². The molecule has 4 heterocycles. The lowest BCUT2D eigenvalue weighted by atomic mass is 9.92. The van der Waals surface area contributed by atoms with Crippen molar-refractivity contribution < 1.29 is 0 Å². The number of nitrogens with one attached hydrogen (secondary N) is 2. The minimum absolute atomic E-state index is 0.791. The van der Waals surface area contributed by atoms with Gasteiger partial charge in [0.15, 0.2) is 0 Å². The van der Waals surface area contributed by atoms with Crippen molar-refractivity contribution in [3.8, 4) is 0 Å². The lowest BCUT2D eigenvalue weighted by Gasteiger charge is -2.22. The fourth-order valence-electron chi connectivity index (χ4n) is 4.50. The molecule has 0 amide bonds. The van der Waals surface area contributed by atoms with Crippen molar-refractivity contribution >= 4 is 23.7 Å². The highest BCUT2D eigenvalue weighted by molar-refractivity contribution is 5.86. The van der Waals surface area contributed by atoms with Gasteiger partial charge in [-0.2, -0.15) is 4.98 Å². The third-order valence-corrected chi connectivity index (χ3v) is 6.05. The molecule has 0 saturated carbocycles. The second-order valence-electron chi connectivity index (χ2n) is 7.95. The minimum atomic E-state index is 0.791. The van der Waals surface area contributed by atoms with Crippen LogP contribution in [-0.2, 0) is 6.54 Å². The van der Waals surface area contributed by atoms with Gasteiger partial charge in [0.05, 0.1) is 6.54 Å². The molecule has 2 saturated heterocycles. The number of rotatable bonds is 3.